The van der Waals surface area contributed by atoms with Gasteiger partial charge in [-0.2, -0.15) is 0 Å². The highest BCUT2D eigenvalue weighted by Crippen LogP contribution is 2.40. The summed E-state index contributed by atoms with van der Waals surface area (Å²) in [4.78, 5) is 15.5. The van der Waals surface area contributed by atoms with E-state index in [1.807, 2.05) is 62.4 Å². The van der Waals surface area contributed by atoms with Crippen LogP contribution in [0.25, 0.3) is 0 Å². The molecule has 3 aromatic rings. The molecule has 4 rings (SSSR count). The Labute approximate surface area is 215 Å². The number of nitrogens with one attached hydrogen (secondary N) is 1. The number of carbonyl (C=O) groups excluding carboxylic acids is 1. The van der Waals surface area contributed by atoms with Crippen molar-refractivity contribution in [3.05, 3.63) is 105 Å². The van der Waals surface area contributed by atoms with Gasteiger partial charge in [-0.05, 0) is 59.0 Å². The summed E-state index contributed by atoms with van der Waals surface area (Å²) in [6, 6.07) is 18.7. The van der Waals surface area contributed by atoms with Crippen molar-refractivity contribution in [2.24, 2.45) is 11.8 Å². The van der Waals surface area contributed by atoms with Gasteiger partial charge in [0.15, 0.2) is 0 Å². The zero-order valence-electron chi connectivity index (χ0n) is 19.6. The van der Waals surface area contributed by atoms with Gasteiger partial charge in [-0.25, -0.2) is 8.78 Å². The molecule has 0 aromatic heterocycles. The van der Waals surface area contributed by atoms with Crippen LogP contribution in [0.4, 0.5) is 8.78 Å². The molecule has 1 heterocycles. The van der Waals surface area contributed by atoms with Gasteiger partial charge in [0, 0.05) is 41.7 Å². The average Bonchev–Trinajstić information content (AvgIpc) is 2.77. The van der Waals surface area contributed by atoms with Crippen molar-refractivity contribution in [2.75, 3.05) is 19.6 Å². The van der Waals surface area contributed by atoms with E-state index in [1.54, 1.807) is 0 Å². The number of amides is 1. The van der Waals surface area contributed by atoms with E-state index < -0.39 is 17.6 Å². The van der Waals surface area contributed by atoms with Crippen molar-refractivity contribution in [1.82, 2.24) is 10.2 Å². The van der Waals surface area contributed by atoms with Crippen LogP contribution < -0.4 is 5.32 Å². The summed E-state index contributed by atoms with van der Waals surface area (Å²) in [6.45, 7) is 5.69. The van der Waals surface area contributed by atoms with Crippen LogP contribution in [0.3, 0.4) is 0 Å². The van der Waals surface area contributed by atoms with E-state index >= 15 is 0 Å². The maximum absolute atomic E-state index is 14.1. The van der Waals surface area contributed by atoms with Crippen LogP contribution in [0.15, 0.2) is 66.7 Å². The Bertz CT molecular complexity index is 1100. The minimum atomic E-state index is -0.682. The van der Waals surface area contributed by atoms with Crippen molar-refractivity contribution in [3.8, 4) is 0 Å². The lowest BCUT2D eigenvalue weighted by Crippen LogP contribution is -2.53. The second-order valence-corrected chi connectivity index (χ2v) is 10.4. The van der Waals surface area contributed by atoms with Gasteiger partial charge in [0.2, 0.25) is 5.91 Å². The largest absolute Gasteiger partial charge is 0.355 e. The van der Waals surface area contributed by atoms with Crippen LogP contribution in [0.1, 0.15) is 42.5 Å². The summed E-state index contributed by atoms with van der Waals surface area (Å²) in [5, 5.41) is 4.26. The zero-order chi connectivity index (χ0) is 25.1. The van der Waals surface area contributed by atoms with Gasteiger partial charge in [-0.15, -0.1) is 0 Å². The molecule has 1 N–H and O–H groups in total. The number of halogens is 4. The number of nitrogens with zero attached hydrogens (tertiary/aromatic N) is 1. The Morgan fingerprint density at radius 1 is 0.886 bits per heavy atom. The van der Waals surface area contributed by atoms with Crippen molar-refractivity contribution in [2.45, 2.75) is 25.8 Å². The molecule has 0 saturated carbocycles. The highest BCUT2D eigenvalue weighted by Gasteiger charge is 2.42. The highest BCUT2D eigenvalue weighted by atomic mass is 35.5. The standard InChI is InChI=1S/C28H28Cl2F2N2O/c1-17(2)14-33-28(35)26(20-11-24(31)13-25(32)12-20)21-15-34(16-21)27(18-3-7-22(29)8-4-18)19-5-9-23(30)10-6-19/h3-13,17,21,26-27H,14-16H2,1-2H3,(H,33,35). The summed E-state index contributed by atoms with van der Waals surface area (Å²) in [5.41, 5.74) is 2.49. The maximum Gasteiger partial charge on any atom is 0.227 e. The van der Waals surface area contributed by atoms with Crippen LogP contribution in [-0.4, -0.2) is 30.4 Å². The topological polar surface area (TPSA) is 32.3 Å². The Hall–Kier alpha value is -2.47. The van der Waals surface area contributed by atoms with Crippen LogP contribution in [0.5, 0.6) is 0 Å². The van der Waals surface area contributed by atoms with Gasteiger partial charge >= 0.3 is 0 Å². The molecule has 3 nitrogen and oxygen atoms in total. The molecule has 35 heavy (non-hydrogen) atoms. The van der Waals surface area contributed by atoms with Gasteiger partial charge in [0.25, 0.3) is 0 Å². The van der Waals surface area contributed by atoms with E-state index in [-0.39, 0.29) is 23.8 Å². The molecule has 0 bridgehead atoms. The monoisotopic (exact) mass is 516 g/mol. The fourth-order valence-electron chi connectivity index (χ4n) is 4.68. The number of rotatable bonds is 8. The zero-order valence-corrected chi connectivity index (χ0v) is 21.2. The van der Waals surface area contributed by atoms with Gasteiger partial charge in [-0.1, -0.05) is 61.3 Å². The van der Waals surface area contributed by atoms with E-state index in [4.69, 9.17) is 23.2 Å². The quantitative estimate of drug-likeness (QED) is 0.355. The third-order valence-electron chi connectivity index (χ3n) is 6.36. The van der Waals surface area contributed by atoms with E-state index in [1.165, 1.54) is 12.1 Å². The van der Waals surface area contributed by atoms with Crippen molar-refractivity contribution >= 4 is 29.1 Å². The molecule has 3 aromatic carbocycles. The SMILES string of the molecule is CC(C)CNC(=O)C(c1cc(F)cc(F)c1)C1CN(C(c2ccc(Cl)cc2)c2ccc(Cl)cc2)C1. The number of carbonyl (C=O) groups is 1. The molecule has 0 spiro atoms. The molecule has 0 radical (unpaired) electrons. The molecule has 1 aliphatic heterocycles. The van der Waals surface area contributed by atoms with Crippen LogP contribution in [0, 0.1) is 23.5 Å². The summed E-state index contributed by atoms with van der Waals surface area (Å²) >= 11 is 12.2. The predicted molar refractivity (Wildman–Crippen MR) is 137 cm³/mol. The van der Waals surface area contributed by atoms with E-state index in [0.717, 1.165) is 17.2 Å². The first-order valence-corrected chi connectivity index (χ1v) is 12.5. The molecule has 7 heteroatoms. The van der Waals surface area contributed by atoms with Gasteiger partial charge in [0.05, 0.1) is 12.0 Å². The lowest BCUT2D eigenvalue weighted by atomic mass is 9.78. The summed E-state index contributed by atoms with van der Waals surface area (Å²) in [7, 11) is 0. The van der Waals surface area contributed by atoms with E-state index in [0.29, 0.717) is 35.2 Å². The third kappa shape index (κ3) is 6.21. The lowest BCUT2D eigenvalue weighted by molar-refractivity contribution is -0.126. The van der Waals surface area contributed by atoms with Gasteiger partial charge < -0.3 is 5.32 Å². The van der Waals surface area contributed by atoms with Gasteiger partial charge in [0.1, 0.15) is 11.6 Å². The van der Waals surface area contributed by atoms with Crippen LogP contribution in [-0.2, 0) is 4.79 Å². The van der Waals surface area contributed by atoms with E-state index in [2.05, 4.69) is 10.2 Å². The smallest absolute Gasteiger partial charge is 0.227 e. The second-order valence-electron chi connectivity index (χ2n) is 9.54. The normalized spacial score (nSPS) is 15.3. The average molecular weight is 517 g/mol. The molecule has 1 saturated heterocycles. The van der Waals surface area contributed by atoms with Gasteiger partial charge in [-0.3, -0.25) is 9.69 Å². The number of benzene rings is 3. The Morgan fingerprint density at radius 2 is 1.37 bits per heavy atom. The summed E-state index contributed by atoms with van der Waals surface area (Å²) in [6.07, 6.45) is 0. The molecule has 1 fully saturated rings. The van der Waals surface area contributed by atoms with Crippen LogP contribution >= 0.6 is 23.2 Å². The summed E-state index contributed by atoms with van der Waals surface area (Å²) in [5.74, 6) is -2.04. The first kappa shape index (κ1) is 25.6. The first-order chi connectivity index (χ1) is 16.7. The Balaban J connectivity index is 1.61. The maximum atomic E-state index is 14.1. The highest BCUT2D eigenvalue weighted by molar-refractivity contribution is 6.30. The molecular weight excluding hydrogens is 489 g/mol. The molecular formula is C28H28Cl2F2N2O. The van der Waals surface area contributed by atoms with Crippen LogP contribution in [0.2, 0.25) is 10.0 Å². The molecule has 1 amide bonds. The minimum absolute atomic E-state index is 0.0654. The molecule has 184 valence electrons. The first-order valence-electron chi connectivity index (χ1n) is 11.7. The Morgan fingerprint density at radius 3 is 1.83 bits per heavy atom. The van der Waals surface area contributed by atoms with Crippen molar-refractivity contribution < 1.29 is 13.6 Å². The van der Waals surface area contributed by atoms with Crippen molar-refractivity contribution in [3.63, 3.8) is 0 Å². The number of hydrogen-bond acceptors (Lipinski definition) is 2. The fourth-order valence-corrected chi connectivity index (χ4v) is 4.93. The Kier molecular flexibility index (Phi) is 8.10. The predicted octanol–water partition coefficient (Wildman–Crippen LogP) is 6.85. The molecule has 1 aliphatic rings. The third-order valence-corrected chi connectivity index (χ3v) is 6.86. The molecule has 1 atom stereocenters. The fraction of sp³-hybridized carbons (Fsp3) is 0.321. The second kappa shape index (κ2) is 11.1. The number of likely N-dealkylation sites (tertiary alicyclic amines) is 1. The van der Waals surface area contributed by atoms with E-state index in [9.17, 15) is 13.6 Å². The van der Waals surface area contributed by atoms with Crippen molar-refractivity contribution in [1.29, 1.82) is 0 Å². The number of hydrogen-bond donors (Lipinski definition) is 1. The summed E-state index contributed by atoms with van der Waals surface area (Å²) < 4.78 is 28.1. The lowest BCUT2D eigenvalue weighted by Gasteiger charge is -2.47. The molecule has 1 unspecified atom stereocenters. The minimum Gasteiger partial charge on any atom is -0.355 e. The molecule has 0 aliphatic carbocycles.